The van der Waals surface area contributed by atoms with Crippen LogP contribution in [0.5, 0.6) is 0 Å². The van der Waals surface area contributed by atoms with E-state index in [2.05, 4.69) is 16.8 Å². The summed E-state index contributed by atoms with van der Waals surface area (Å²) in [5.74, 6) is 0.577. The minimum absolute atomic E-state index is 0.305. The van der Waals surface area contributed by atoms with E-state index in [1.807, 2.05) is 6.07 Å². The molecule has 18 heavy (non-hydrogen) atoms. The molecule has 0 bridgehead atoms. The number of hydrogen-bond donors (Lipinski definition) is 0. The minimum Gasteiger partial charge on any atom is -0.465 e. The van der Waals surface area contributed by atoms with Crippen molar-refractivity contribution in [3.63, 3.8) is 0 Å². The maximum absolute atomic E-state index is 11.5. The number of carbonyl (C=O) groups is 1. The monoisotopic (exact) mass is 248 g/mol. The molecule has 1 fully saturated rings. The van der Waals surface area contributed by atoms with Crippen LogP contribution in [0.15, 0.2) is 18.3 Å². The van der Waals surface area contributed by atoms with Gasteiger partial charge in [0.2, 0.25) is 0 Å². The highest BCUT2D eigenvalue weighted by Crippen LogP contribution is 2.23. The van der Waals surface area contributed by atoms with Gasteiger partial charge < -0.3 is 9.64 Å². The molecule has 1 atom stereocenters. The lowest BCUT2D eigenvalue weighted by Gasteiger charge is -2.28. The molecule has 1 unspecified atom stereocenters. The smallest absolute Gasteiger partial charge is 0.338 e. The molecule has 0 spiro atoms. The number of rotatable bonds is 2. The van der Waals surface area contributed by atoms with Crippen molar-refractivity contribution in [3.05, 3.63) is 23.9 Å². The molecule has 1 saturated heterocycles. The number of methoxy groups -OCH3 is 1. The lowest BCUT2D eigenvalue weighted by molar-refractivity contribution is 0.0600. The zero-order valence-corrected chi connectivity index (χ0v) is 11.1. The predicted octanol–water partition coefficient (Wildman–Crippen LogP) is 2.64. The van der Waals surface area contributed by atoms with Gasteiger partial charge in [-0.1, -0.05) is 12.8 Å². The summed E-state index contributed by atoms with van der Waals surface area (Å²) in [5.41, 5.74) is 0.568. The highest BCUT2D eigenvalue weighted by atomic mass is 16.5. The summed E-state index contributed by atoms with van der Waals surface area (Å²) in [6.45, 7) is 3.23. The molecular formula is C14H20N2O2. The third kappa shape index (κ3) is 2.81. The van der Waals surface area contributed by atoms with Crippen molar-refractivity contribution < 1.29 is 9.53 Å². The number of pyridine rings is 1. The molecule has 0 N–H and O–H groups in total. The Labute approximate surface area is 108 Å². The maximum Gasteiger partial charge on any atom is 0.338 e. The van der Waals surface area contributed by atoms with Crippen LogP contribution in [0, 0.1) is 0 Å². The van der Waals surface area contributed by atoms with Gasteiger partial charge in [-0.2, -0.15) is 0 Å². The molecule has 0 aromatic carbocycles. The SMILES string of the molecule is COC(=O)c1ccnc(N2CCCCCC2C)c1. The molecule has 0 aliphatic carbocycles. The number of ether oxygens (including phenoxy) is 1. The Morgan fingerprint density at radius 3 is 3.06 bits per heavy atom. The molecule has 1 aliphatic heterocycles. The first-order valence-electron chi connectivity index (χ1n) is 6.53. The van der Waals surface area contributed by atoms with Gasteiger partial charge in [-0.3, -0.25) is 0 Å². The molecule has 0 amide bonds. The van der Waals surface area contributed by atoms with Gasteiger partial charge in [0.05, 0.1) is 12.7 Å². The highest BCUT2D eigenvalue weighted by molar-refractivity contribution is 5.90. The largest absolute Gasteiger partial charge is 0.465 e. The van der Waals surface area contributed by atoms with Gasteiger partial charge in [0.25, 0.3) is 0 Å². The maximum atomic E-state index is 11.5. The topological polar surface area (TPSA) is 42.4 Å². The average Bonchev–Trinajstić information content (AvgIpc) is 2.62. The molecule has 1 aliphatic rings. The van der Waals surface area contributed by atoms with Gasteiger partial charge in [-0.15, -0.1) is 0 Å². The first-order valence-corrected chi connectivity index (χ1v) is 6.53. The van der Waals surface area contributed by atoms with E-state index in [1.165, 1.54) is 32.8 Å². The summed E-state index contributed by atoms with van der Waals surface area (Å²) in [6.07, 6.45) is 6.60. The van der Waals surface area contributed by atoms with Crippen LogP contribution in [0.2, 0.25) is 0 Å². The number of anilines is 1. The van der Waals surface area contributed by atoms with Crippen LogP contribution < -0.4 is 4.90 Å². The summed E-state index contributed by atoms with van der Waals surface area (Å²) in [7, 11) is 1.40. The summed E-state index contributed by atoms with van der Waals surface area (Å²) in [5, 5.41) is 0. The van der Waals surface area contributed by atoms with E-state index < -0.39 is 0 Å². The van der Waals surface area contributed by atoms with Crippen molar-refractivity contribution in [2.24, 2.45) is 0 Å². The normalized spacial score (nSPS) is 20.3. The quantitative estimate of drug-likeness (QED) is 0.755. The summed E-state index contributed by atoms with van der Waals surface area (Å²) < 4.78 is 4.74. The molecule has 98 valence electrons. The molecule has 1 aromatic heterocycles. The summed E-state index contributed by atoms with van der Waals surface area (Å²) in [4.78, 5) is 18.2. The van der Waals surface area contributed by atoms with Gasteiger partial charge in [-0.05, 0) is 31.9 Å². The van der Waals surface area contributed by atoms with Gasteiger partial charge in [0.1, 0.15) is 5.82 Å². The van der Waals surface area contributed by atoms with Crippen LogP contribution in [0.3, 0.4) is 0 Å². The lowest BCUT2D eigenvalue weighted by Crippen LogP contribution is -2.33. The van der Waals surface area contributed by atoms with Crippen LogP contribution in [0.1, 0.15) is 43.0 Å². The Hall–Kier alpha value is -1.58. The predicted molar refractivity (Wildman–Crippen MR) is 70.9 cm³/mol. The van der Waals surface area contributed by atoms with Crippen LogP contribution in [-0.4, -0.2) is 30.6 Å². The van der Waals surface area contributed by atoms with Gasteiger partial charge >= 0.3 is 5.97 Å². The lowest BCUT2D eigenvalue weighted by atomic mass is 10.1. The fraction of sp³-hybridized carbons (Fsp3) is 0.571. The number of carbonyl (C=O) groups excluding carboxylic acids is 1. The number of aromatic nitrogens is 1. The first-order chi connectivity index (χ1) is 8.72. The molecule has 1 aromatic rings. The van der Waals surface area contributed by atoms with E-state index in [0.717, 1.165) is 12.4 Å². The van der Waals surface area contributed by atoms with E-state index >= 15 is 0 Å². The van der Waals surface area contributed by atoms with Crippen molar-refractivity contribution >= 4 is 11.8 Å². The second kappa shape index (κ2) is 5.85. The van der Waals surface area contributed by atoms with Crippen LogP contribution >= 0.6 is 0 Å². The van der Waals surface area contributed by atoms with Gasteiger partial charge in [0, 0.05) is 18.8 Å². The average molecular weight is 248 g/mol. The van der Waals surface area contributed by atoms with E-state index in [9.17, 15) is 4.79 Å². The summed E-state index contributed by atoms with van der Waals surface area (Å²) >= 11 is 0. The van der Waals surface area contributed by atoms with E-state index in [4.69, 9.17) is 4.74 Å². The fourth-order valence-corrected chi connectivity index (χ4v) is 2.44. The Bertz CT molecular complexity index is 420. The number of esters is 1. The third-order valence-corrected chi connectivity index (χ3v) is 3.51. The molecule has 2 rings (SSSR count). The molecular weight excluding hydrogens is 228 g/mol. The second-order valence-corrected chi connectivity index (χ2v) is 4.79. The number of hydrogen-bond acceptors (Lipinski definition) is 4. The Kier molecular flexibility index (Phi) is 4.18. The molecule has 0 saturated carbocycles. The third-order valence-electron chi connectivity index (χ3n) is 3.51. The van der Waals surface area contributed by atoms with Crippen molar-refractivity contribution in [3.8, 4) is 0 Å². The van der Waals surface area contributed by atoms with Crippen molar-refractivity contribution in [2.75, 3.05) is 18.6 Å². The fourth-order valence-electron chi connectivity index (χ4n) is 2.44. The number of nitrogens with zero attached hydrogens (tertiary/aromatic N) is 2. The van der Waals surface area contributed by atoms with Gasteiger partial charge in [-0.25, -0.2) is 9.78 Å². The molecule has 4 heteroatoms. The van der Waals surface area contributed by atoms with Crippen LogP contribution in [-0.2, 0) is 4.74 Å². The Balaban J connectivity index is 2.23. The van der Waals surface area contributed by atoms with Crippen LogP contribution in [0.4, 0.5) is 5.82 Å². The molecule has 0 radical (unpaired) electrons. The summed E-state index contributed by atoms with van der Waals surface area (Å²) in [6, 6.07) is 4.00. The highest BCUT2D eigenvalue weighted by Gasteiger charge is 2.19. The Morgan fingerprint density at radius 2 is 2.28 bits per heavy atom. The molecule has 4 nitrogen and oxygen atoms in total. The zero-order valence-electron chi connectivity index (χ0n) is 11.1. The van der Waals surface area contributed by atoms with E-state index in [-0.39, 0.29) is 5.97 Å². The standard InChI is InChI=1S/C14H20N2O2/c1-11-6-4-3-5-9-16(11)13-10-12(7-8-15-13)14(17)18-2/h7-8,10-11H,3-6,9H2,1-2H3. The van der Waals surface area contributed by atoms with E-state index in [1.54, 1.807) is 12.3 Å². The second-order valence-electron chi connectivity index (χ2n) is 4.79. The van der Waals surface area contributed by atoms with Gasteiger partial charge in [0.15, 0.2) is 0 Å². The van der Waals surface area contributed by atoms with Crippen molar-refractivity contribution in [1.82, 2.24) is 4.98 Å². The van der Waals surface area contributed by atoms with Crippen LogP contribution in [0.25, 0.3) is 0 Å². The minimum atomic E-state index is -0.305. The Morgan fingerprint density at radius 1 is 1.44 bits per heavy atom. The first kappa shape index (κ1) is 12.9. The zero-order chi connectivity index (χ0) is 13.0. The van der Waals surface area contributed by atoms with Crippen molar-refractivity contribution in [2.45, 2.75) is 38.6 Å². The van der Waals surface area contributed by atoms with Crippen molar-refractivity contribution in [1.29, 1.82) is 0 Å². The molecule has 2 heterocycles. The van der Waals surface area contributed by atoms with E-state index in [0.29, 0.717) is 11.6 Å².